The maximum absolute atomic E-state index is 11.6. The summed E-state index contributed by atoms with van der Waals surface area (Å²) in [4.78, 5) is 35.2. The Kier molecular flexibility index (Phi) is 6.98. The van der Waals surface area contributed by atoms with Gasteiger partial charge >= 0.3 is 12.0 Å². The third-order valence-corrected chi connectivity index (χ3v) is 2.48. The van der Waals surface area contributed by atoms with Gasteiger partial charge in [-0.05, 0) is 19.5 Å². The molecule has 0 spiro atoms. The molecule has 0 rings (SSSR count). The molecule has 116 valence electrons. The monoisotopic (exact) mass is 288 g/mol. The number of hydrogen-bond donors (Lipinski definition) is 4. The summed E-state index contributed by atoms with van der Waals surface area (Å²) < 4.78 is 0. The van der Waals surface area contributed by atoms with Crippen LogP contribution < -0.4 is 16.4 Å². The van der Waals surface area contributed by atoms with Crippen LogP contribution in [0.5, 0.6) is 0 Å². The fourth-order valence-electron chi connectivity index (χ4n) is 1.84. The lowest BCUT2D eigenvalue weighted by molar-refractivity contribution is -0.140. The van der Waals surface area contributed by atoms with Gasteiger partial charge in [0.2, 0.25) is 5.91 Å². The van der Waals surface area contributed by atoms with E-state index in [0.29, 0.717) is 6.54 Å². The van der Waals surface area contributed by atoms with Crippen molar-refractivity contribution in [2.24, 2.45) is 11.1 Å². The van der Waals surface area contributed by atoms with Crippen LogP contribution in [0.15, 0.2) is 0 Å². The van der Waals surface area contributed by atoms with Crippen LogP contribution in [-0.4, -0.2) is 61.1 Å². The van der Waals surface area contributed by atoms with Gasteiger partial charge < -0.3 is 26.4 Å². The lowest BCUT2D eigenvalue weighted by Crippen LogP contribution is -2.50. The van der Waals surface area contributed by atoms with Crippen molar-refractivity contribution in [1.29, 1.82) is 0 Å². The molecule has 0 aromatic carbocycles. The van der Waals surface area contributed by atoms with E-state index in [1.165, 1.54) is 0 Å². The third-order valence-electron chi connectivity index (χ3n) is 2.48. The molecule has 0 heterocycles. The van der Waals surface area contributed by atoms with Gasteiger partial charge in [-0.15, -0.1) is 0 Å². The van der Waals surface area contributed by atoms with Gasteiger partial charge in [0.25, 0.3) is 0 Å². The van der Waals surface area contributed by atoms with E-state index in [1.807, 2.05) is 32.8 Å². The fraction of sp³-hybridized carbons (Fsp3) is 0.750. The highest BCUT2D eigenvalue weighted by Crippen LogP contribution is 2.13. The lowest BCUT2D eigenvalue weighted by atomic mass is 9.93. The van der Waals surface area contributed by atoms with E-state index in [1.54, 1.807) is 0 Å². The van der Waals surface area contributed by atoms with E-state index < -0.39 is 30.4 Å². The van der Waals surface area contributed by atoms with Crippen LogP contribution in [0.3, 0.4) is 0 Å². The number of amides is 3. The highest BCUT2D eigenvalue weighted by Gasteiger charge is 2.24. The molecular weight excluding hydrogens is 264 g/mol. The molecule has 3 amide bonds. The van der Waals surface area contributed by atoms with Gasteiger partial charge in [0, 0.05) is 13.1 Å². The maximum Gasteiger partial charge on any atom is 0.326 e. The van der Waals surface area contributed by atoms with Gasteiger partial charge in [0.05, 0.1) is 6.42 Å². The molecule has 5 N–H and O–H groups in total. The van der Waals surface area contributed by atoms with Gasteiger partial charge in [-0.25, -0.2) is 9.59 Å². The second-order valence-electron chi connectivity index (χ2n) is 5.79. The van der Waals surface area contributed by atoms with Crippen molar-refractivity contribution in [3.8, 4) is 0 Å². The maximum atomic E-state index is 11.6. The van der Waals surface area contributed by atoms with Crippen molar-refractivity contribution in [2.75, 3.05) is 27.2 Å². The molecule has 0 unspecified atom stereocenters. The van der Waals surface area contributed by atoms with Gasteiger partial charge in [-0.3, -0.25) is 4.79 Å². The number of carbonyl (C=O) groups excluding carboxylic acids is 2. The average Bonchev–Trinajstić information content (AvgIpc) is 2.23. The zero-order chi connectivity index (χ0) is 15.9. The second kappa shape index (κ2) is 7.68. The topological polar surface area (TPSA) is 125 Å². The Bertz CT molecular complexity index is 368. The van der Waals surface area contributed by atoms with Gasteiger partial charge in [-0.1, -0.05) is 13.8 Å². The minimum Gasteiger partial charge on any atom is -0.480 e. The van der Waals surface area contributed by atoms with E-state index in [0.717, 1.165) is 6.54 Å². The van der Waals surface area contributed by atoms with Crippen LogP contribution in [0.1, 0.15) is 20.3 Å². The molecule has 0 aliphatic carbocycles. The Balaban J connectivity index is 4.33. The molecule has 0 fully saturated rings. The summed E-state index contributed by atoms with van der Waals surface area (Å²) in [6.45, 7) is 5.09. The van der Waals surface area contributed by atoms with Gasteiger partial charge in [0.1, 0.15) is 6.04 Å². The number of hydrogen-bond acceptors (Lipinski definition) is 4. The summed E-state index contributed by atoms with van der Waals surface area (Å²) in [7, 11) is 3.85. The van der Waals surface area contributed by atoms with Gasteiger partial charge in [0.15, 0.2) is 0 Å². The summed E-state index contributed by atoms with van der Waals surface area (Å²) in [6.07, 6.45) is -0.441. The molecule has 0 aliphatic heterocycles. The fourth-order valence-corrected chi connectivity index (χ4v) is 1.84. The number of primary amides is 1. The van der Waals surface area contributed by atoms with E-state index in [9.17, 15) is 14.4 Å². The van der Waals surface area contributed by atoms with Crippen LogP contribution in [0, 0.1) is 5.41 Å². The largest absolute Gasteiger partial charge is 0.480 e. The predicted octanol–water partition coefficient (Wildman–Crippen LogP) is -0.798. The van der Waals surface area contributed by atoms with Crippen molar-refractivity contribution >= 4 is 17.9 Å². The van der Waals surface area contributed by atoms with Crippen LogP contribution in [0.4, 0.5) is 4.79 Å². The van der Waals surface area contributed by atoms with Crippen molar-refractivity contribution < 1.29 is 19.5 Å². The number of carboxylic acid groups (broad SMARTS) is 1. The zero-order valence-corrected chi connectivity index (χ0v) is 12.4. The van der Waals surface area contributed by atoms with Crippen molar-refractivity contribution in [2.45, 2.75) is 26.3 Å². The van der Waals surface area contributed by atoms with Crippen LogP contribution in [0.2, 0.25) is 0 Å². The van der Waals surface area contributed by atoms with Crippen LogP contribution in [-0.2, 0) is 9.59 Å². The number of nitrogens with one attached hydrogen (secondary N) is 2. The average molecular weight is 288 g/mol. The van der Waals surface area contributed by atoms with E-state index in [4.69, 9.17) is 10.8 Å². The minimum atomic E-state index is -1.32. The van der Waals surface area contributed by atoms with Gasteiger partial charge in [-0.2, -0.15) is 0 Å². The second-order valence-corrected chi connectivity index (χ2v) is 5.79. The molecule has 1 atom stereocenters. The Morgan fingerprint density at radius 1 is 1.30 bits per heavy atom. The molecule has 8 nitrogen and oxygen atoms in total. The van der Waals surface area contributed by atoms with Crippen LogP contribution in [0.25, 0.3) is 0 Å². The Morgan fingerprint density at radius 3 is 2.25 bits per heavy atom. The standard InChI is InChI=1S/C12H24N4O4/c1-12(2,7-16(3)4)6-14-11(20)15-8(10(18)19)5-9(13)17/h8H,5-7H2,1-4H3,(H2,13,17)(H,18,19)(H2,14,15,20)/t8-/m0/s1. The first-order valence-electron chi connectivity index (χ1n) is 6.24. The Labute approximate surface area is 118 Å². The summed E-state index contributed by atoms with van der Waals surface area (Å²) in [5, 5.41) is 13.7. The minimum absolute atomic E-state index is 0.163. The number of nitrogens with two attached hydrogens (primary N) is 1. The molecule has 0 saturated carbocycles. The molecule has 20 heavy (non-hydrogen) atoms. The number of aliphatic carboxylic acids is 1. The molecule has 0 bridgehead atoms. The number of rotatable bonds is 8. The van der Waals surface area contributed by atoms with Crippen molar-refractivity contribution in [3.63, 3.8) is 0 Å². The molecule has 0 saturated heterocycles. The first kappa shape index (κ1) is 18.2. The van der Waals surface area contributed by atoms with E-state index in [-0.39, 0.29) is 5.41 Å². The Hall–Kier alpha value is -1.83. The van der Waals surface area contributed by atoms with Crippen molar-refractivity contribution in [1.82, 2.24) is 15.5 Å². The highest BCUT2D eigenvalue weighted by atomic mass is 16.4. The smallest absolute Gasteiger partial charge is 0.326 e. The normalized spacial score (nSPS) is 12.8. The summed E-state index contributed by atoms with van der Waals surface area (Å²) in [5.41, 5.74) is 4.76. The highest BCUT2D eigenvalue weighted by molar-refractivity contribution is 5.87. The van der Waals surface area contributed by atoms with E-state index in [2.05, 4.69) is 10.6 Å². The van der Waals surface area contributed by atoms with Crippen molar-refractivity contribution in [3.05, 3.63) is 0 Å². The number of carboxylic acids is 1. The predicted molar refractivity (Wildman–Crippen MR) is 74.1 cm³/mol. The number of urea groups is 1. The number of nitrogens with zero attached hydrogens (tertiary/aromatic N) is 1. The quantitative estimate of drug-likeness (QED) is 0.465. The molecule has 0 aromatic rings. The first-order chi connectivity index (χ1) is 9.03. The first-order valence-corrected chi connectivity index (χ1v) is 6.24. The van der Waals surface area contributed by atoms with E-state index >= 15 is 0 Å². The lowest BCUT2D eigenvalue weighted by Gasteiger charge is -2.28. The SMILES string of the molecule is CN(C)CC(C)(C)CNC(=O)N[C@@H](CC(N)=O)C(=O)O. The summed E-state index contributed by atoms with van der Waals surface area (Å²) >= 11 is 0. The Morgan fingerprint density at radius 2 is 1.85 bits per heavy atom. The molecule has 8 heteroatoms. The molecule has 0 aromatic heterocycles. The molecule has 0 aliphatic rings. The third kappa shape index (κ3) is 8.30. The summed E-state index contributed by atoms with van der Waals surface area (Å²) in [5.74, 6) is -2.09. The number of carbonyl (C=O) groups is 3. The summed E-state index contributed by atoms with van der Waals surface area (Å²) in [6, 6.07) is -1.95. The molecular formula is C12H24N4O4. The van der Waals surface area contributed by atoms with Crippen LogP contribution >= 0.6 is 0 Å². The molecule has 0 radical (unpaired) electrons. The zero-order valence-electron chi connectivity index (χ0n) is 12.4.